The fourth-order valence-corrected chi connectivity index (χ4v) is 3.92. The third-order valence-electron chi connectivity index (χ3n) is 3.78. The molecule has 1 unspecified atom stereocenters. The molecule has 0 aliphatic heterocycles. The summed E-state index contributed by atoms with van der Waals surface area (Å²) in [5.74, 6) is 0.772. The van der Waals surface area contributed by atoms with Crippen LogP contribution >= 0.6 is 27.7 Å². The fourth-order valence-electron chi connectivity index (χ4n) is 2.61. The van der Waals surface area contributed by atoms with Crippen molar-refractivity contribution in [1.29, 1.82) is 0 Å². The Hall–Kier alpha value is -1.40. The Balaban J connectivity index is 1.70. The molecule has 1 heterocycles. The maximum atomic E-state index is 12.4. The normalized spacial score (nSPS) is 14.4. The maximum absolute atomic E-state index is 12.4. The van der Waals surface area contributed by atoms with Gasteiger partial charge >= 0.3 is 0 Å². The van der Waals surface area contributed by atoms with Gasteiger partial charge in [0.1, 0.15) is 10.9 Å². The number of aryl methyl sites for hydroxylation is 2. The second-order valence-electron chi connectivity index (χ2n) is 5.61. The Morgan fingerprint density at radius 2 is 2.00 bits per heavy atom. The Kier molecular flexibility index (Phi) is 5.02. The molecule has 6 heteroatoms. The monoisotopic (exact) mass is 391 g/mol. The average Bonchev–Trinajstić information content (AvgIpc) is 2.97. The Bertz CT molecular complexity index is 733. The van der Waals surface area contributed by atoms with Gasteiger partial charge in [-0.1, -0.05) is 27.7 Å². The van der Waals surface area contributed by atoms with Crippen LogP contribution in [0.4, 0.5) is 5.69 Å². The minimum Gasteiger partial charge on any atom is -0.325 e. The van der Waals surface area contributed by atoms with Gasteiger partial charge in [-0.25, -0.2) is 9.97 Å². The lowest BCUT2D eigenvalue weighted by Crippen LogP contribution is -2.22. The summed E-state index contributed by atoms with van der Waals surface area (Å²) in [5.41, 5.74) is 3.18. The molecule has 0 saturated heterocycles. The number of nitrogens with one attached hydrogen (secondary N) is 1. The third kappa shape index (κ3) is 3.93. The average molecular weight is 392 g/mol. The lowest BCUT2D eigenvalue weighted by atomic mass is 10.3. The number of rotatable bonds is 4. The lowest BCUT2D eigenvalue weighted by molar-refractivity contribution is -0.115. The summed E-state index contributed by atoms with van der Waals surface area (Å²) < 4.78 is 0.991. The number of carbonyl (C=O) groups is 1. The lowest BCUT2D eigenvalue weighted by Gasteiger charge is -2.14. The van der Waals surface area contributed by atoms with Crippen molar-refractivity contribution in [3.63, 3.8) is 0 Å². The Morgan fingerprint density at radius 1 is 1.26 bits per heavy atom. The molecule has 120 valence electrons. The molecule has 1 aliphatic rings. The summed E-state index contributed by atoms with van der Waals surface area (Å²) >= 11 is 4.91. The number of thioether (sulfide) groups is 1. The molecule has 0 spiro atoms. The summed E-state index contributed by atoms with van der Waals surface area (Å²) in [5, 5.41) is 3.70. The SMILES string of the molecule is Cc1nc2c(c(SC(C)C(=O)Nc3ccc(Br)cc3)n1)CCC2. The summed E-state index contributed by atoms with van der Waals surface area (Å²) in [4.78, 5) is 21.5. The van der Waals surface area contributed by atoms with E-state index in [1.807, 2.05) is 38.1 Å². The highest BCUT2D eigenvalue weighted by Crippen LogP contribution is 2.32. The highest BCUT2D eigenvalue weighted by molar-refractivity contribution is 9.10. The van der Waals surface area contributed by atoms with Crippen molar-refractivity contribution >= 4 is 39.3 Å². The predicted octanol–water partition coefficient (Wildman–Crippen LogP) is 4.16. The number of halogens is 1. The van der Waals surface area contributed by atoms with E-state index >= 15 is 0 Å². The number of fused-ring (bicyclic) bond motifs is 1. The number of hydrogen-bond donors (Lipinski definition) is 1. The molecular weight excluding hydrogens is 374 g/mol. The number of aromatic nitrogens is 2. The Morgan fingerprint density at radius 3 is 2.74 bits per heavy atom. The van der Waals surface area contributed by atoms with Gasteiger partial charge < -0.3 is 5.32 Å². The van der Waals surface area contributed by atoms with E-state index in [4.69, 9.17) is 0 Å². The molecule has 1 aromatic carbocycles. The van der Waals surface area contributed by atoms with E-state index in [1.165, 1.54) is 17.3 Å². The van der Waals surface area contributed by atoms with Crippen LogP contribution in [0.3, 0.4) is 0 Å². The minimum absolute atomic E-state index is 0.0136. The number of hydrogen-bond acceptors (Lipinski definition) is 4. The molecule has 1 aliphatic carbocycles. The molecule has 1 atom stereocenters. The van der Waals surface area contributed by atoms with Crippen molar-refractivity contribution in [2.45, 2.75) is 43.4 Å². The highest BCUT2D eigenvalue weighted by atomic mass is 79.9. The van der Waals surface area contributed by atoms with E-state index in [2.05, 4.69) is 31.2 Å². The molecule has 23 heavy (non-hydrogen) atoms. The van der Waals surface area contributed by atoms with Gasteiger partial charge in [0.15, 0.2) is 0 Å². The number of anilines is 1. The van der Waals surface area contributed by atoms with Gasteiger partial charge in [0.25, 0.3) is 0 Å². The van der Waals surface area contributed by atoms with E-state index in [-0.39, 0.29) is 11.2 Å². The van der Waals surface area contributed by atoms with E-state index in [1.54, 1.807) is 0 Å². The van der Waals surface area contributed by atoms with Crippen molar-refractivity contribution in [2.24, 2.45) is 0 Å². The molecule has 3 rings (SSSR count). The third-order valence-corrected chi connectivity index (χ3v) is 5.43. The molecule has 0 saturated carbocycles. The fraction of sp³-hybridized carbons (Fsp3) is 0.353. The van der Waals surface area contributed by atoms with Crippen LogP contribution in [-0.4, -0.2) is 21.1 Å². The van der Waals surface area contributed by atoms with Gasteiger partial charge in [-0.3, -0.25) is 4.79 Å². The molecule has 4 nitrogen and oxygen atoms in total. The van der Waals surface area contributed by atoms with Gasteiger partial charge in [-0.2, -0.15) is 0 Å². The summed E-state index contributed by atoms with van der Waals surface area (Å²) in [6.07, 6.45) is 3.16. The van der Waals surface area contributed by atoms with E-state index in [0.29, 0.717) is 0 Å². The van der Waals surface area contributed by atoms with Crippen molar-refractivity contribution in [3.8, 4) is 0 Å². The van der Waals surface area contributed by atoms with Crippen LogP contribution < -0.4 is 5.32 Å². The quantitative estimate of drug-likeness (QED) is 0.627. The van der Waals surface area contributed by atoms with Gasteiger partial charge in [0.05, 0.1) is 5.25 Å². The van der Waals surface area contributed by atoms with Gasteiger partial charge in [0.2, 0.25) is 5.91 Å². The molecule has 2 aromatic rings. The van der Waals surface area contributed by atoms with Crippen LogP contribution in [0.2, 0.25) is 0 Å². The molecule has 0 fully saturated rings. The first-order valence-electron chi connectivity index (χ1n) is 7.62. The largest absolute Gasteiger partial charge is 0.325 e. The van der Waals surface area contributed by atoms with Gasteiger partial charge in [0, 0.05) is 21.4 Å². The zero-order valence-corrected chi connectivity index (χ0v) is 15.5. The zero-order valence-electron chi connectivity index (χ0n) is 13.1. The van der Waals surface area contributed by atoms with Gasteiger partial charge in [-0.05, 0) is 57.4 Å². The molecule has 0 bridgehead atoms. The second-order valence-corrected chi connectivity index (χ2v) is 7.86. The van der Waals surface area contributed by atoms with Crippen molar-refractivity contribution in [3.05, 3.63) is 45.8 Å². The number of nitrogens with zero attached hydrogens (tertiary/aromatic N) is 2. The summed E-state index contributed by atoms with van der Waals surface area (Å²) in [6.45, 7) is 3.83. The van der Waals surface area contributed by atoms with Crippen LogP contribution in [0.25, 0.3) is 0 Å². The van der Waals surface area contributed by atoms with Crippen LogP contribution in [0.15, 0.2) is 33.8 Å². The first-order chi connectivity index (χ1) is 11.0. The molecular formula is C17H18BrN3OS. The molecule has 1 aromatic heterocycles. The summed E-state index contributed by atoms with van der Waals surface area (Å²) in [7, 11) is 0. The standard InChI is InChI=1S/C17H18BrN3OS/c1-10(16(22)21-13-8-6-12(18)7-9-13)23-17-14-4-3-5-15(14)19-11(2)20-17/h6-10H,3-5H2,1-2H3,(H,21,22). The first kappa shape index (κ1) is 16.5. The maximum Gasteiger partial charge on any atom is 0.237 e. The predicted molar refractivity (Wildman–Crippen MR) is 96.9 cm³/mol. The smallest absolute Gasteiger partial charge is 0.237 e. The van der Waals surface area contributed by atoms with Crippen LogP contribution in [0.5, 0.6) is 0 Å². The van der Waals surface area contributed by atoms with Crippen LogP contribution in [0.1, 0.15) is 30.4 Å². The summed E-state index contributed by atoms with van der Waals surface area (Å²) in [6, 6.07) is 7.58. The minimum atomic E-state index is -0.211. The van der Waals surface area contributed by atoms with Crippen molar-refractivity contribution in [1.82, 2.24) is 9.97 Å². The number of benzene rings is 1. The topological polar surface area (TPSA) is 54.9 Å². The van der Waals surface area contributed by atoms with E-state index in [0.717, 1.165) is 46.0 Å². The molecule has 1 amide bonds. The van der Waals surface area contributed by atoms with E-state index in [9.17, 15) is 4.79 Å². The van der Waals surface area contributed by atoms with Crippen molar-refractivity contribution < 1.29 is 4.79 Å². The molecule has 1 N–H and O–H groups in total. The number of carbonyl (C=O) groups excluding carboxylic acids is 1. The van der Waals surface area contributed by atoms with Crippen LogP contribution in [0, 0.1) is 6.92 Å². The Labute approximate surface area is 148 Å². The van der Waals surface area contributed by atoms with Gasteiger partial charge in [-0.15, -0.1) is 0 Å². The first-order valence-corrected chi connectivity index (χ1v) is 9.29. The van der Waals surface area contributed by atoms with Crippen molar-refractivity contribution in [2.75, 3.05) is 5.32 Å². The zero-order chi connectivity index (χ0) is 16.4. The highest BCUT2D eigenvalue weighted by Gasteiger charge is 2.22. The second kappa shape index (κ2) is 7.01. The van der Waals surface area contributed by atoms with Crippen LogP contribution in [-0.2, 0) is 17.6 Å². The number of amides is 1. The van der Waals surface area contributed by atoms with E-state index < -0.39 is 0 Å². The molecule has 0 radical (unpaired) electrons.